The summed E-state index contributed by atoms with van der Waals surface area (Å²) >= 11 is 0. The number of para-hydroxylation sites is 1. The van der Waals surface area contributed by atoms with E-state index in [0.717, 1.165) is 31.5 Å². The van der Waals surface area contributed by atoms with E-state index in [1.54, 1.807) is 0 Å². The predicted octanol–water partition coefficient (Wildman–Crippen LogP) is 5.13. The Morgan fingerprint density at radius 3 is 2.43 bits per heavy atom. The molecule has 0 aliphatic carbocycles. The second kappa shape index (κ2) is 8.30. The Hall–Kier alpha value is -3.07. The molecule has 3 aromatic rings. The van der Waals surface area contributed by atoms with Gasteiger partial charge in [-0.1, -0.05) is 67.6 Å². The van der Waals surface area contributed by atoms with Gasteiger partial charge in [0.25, 0.3) is 5.91 Å². The van der Waals surface area contributed by atoms with Crippen LogP contribution in [0.3, 0.4) is 0 Å². The van der Waals surface area contributed by atoms with Crippen LogP contribution in [0.1, 0.15) is 46.4 Å². The SMILES string of the molecule is CC[C@H](NC(=O)c1ccc(CN2CCc3ccccc32)cc1)c1ccccc1. The standard InChI is InChI=1S/C25H26N2O/c1-2-23(20-8-4-3-5-9-20)26-25(28)22-14-12-19(13-15-22)18-27-17-16-21-10-6-7-11-24(21)27/h3-15,23H,2,16-18H2,1H3,(H,26,28)/t23-/m0/s1. The van der Waals surface area contributed by atoms with Crippen molar-refractivity contribution in [3.8, 4) is 0 Å². The number of hydrogen-bond donors (Lipinski definition) is 1. The summed E-state index contributed by atoms with van der Waals surface area (Å²) in [4.78, 5) is 15.1. The lowest BCUT2D eigenvalue weighted by Crippen LogP contribution is -2.28. The fraction of sp³-hybridized carbons (Fsp3) is 0.240. The van der Waals surface area contributed by atoms with Crippen molar-refractivity contribution < 1.29 is 4.79 Å². The van der Waals surface area contributed by atoms with E-state index >= 15 is 0 Å². The number of hydrogen-bond acceptors (Lipinski definition) is 2. The van der Waals surface area contributed by atoms with Gasteiger partial charge >= 0.3 is 0 Å². The van der Waals surface area contributed by atoms with Gasteiger partial charge in [0.1, 0.15) is 0 Å². The fourth-order valence-electron chi connectivity index (χ4n) is 3.90. The number of nitrogens with zero attached hydrogens (tertiary/aromatic N) is 1. The number of amides is 1. The molecule has 3 nitrogen and oxygen atoms in total. The normalized spacial score (nSPS) is 13.8. The molecule has 1 heterocycles. The molecule has 28 heavy (non-hydrogen) atoms. The molecule has 0 bridgehead atoms. The molecule has 0 aromatic heterocycles. The zero-order valence-electron chi connectivity index (χ0n) is 16.3. The fourth-order valence-corrected chi connectivity index (χ4v) is 3.90. The van der Waals surface area contributed by atoms with Crippen LogP contribution in [-0.2, 0) is 13.0 Å². The summed E-state index contributed by atoms with van der Waals surface area (Å²) in [6.07, 6.45) is 1.97. The molecule has 1 N–H and O–H groups in total. The largest absolute Gasteiger partial charge is 0.367 e. The minimum absolute atomic E-state index is 0.0197. The molecule has 0 spiro atoms. The number of anilines is 1. The van der Waals surface area contributed by atoms with Crippen molar-refractivity contribution in [1.29, 1.82) is 0 Å². The summed E-state index contributed by atoms with van der Waals surface area (Å²) in [6.45, 7) is 4.02. The van der Waals surface area contributed by atoms with Gasteiger partial charge in [0.15, 0.2) is 0 Å². The van der Waals surface area contributed by atoms with E-state index in [1.807, 2.05) is 30.3 Å². The Balaban J connectivity index is 1.41. The van der Waals surface area contributed by atoms with E-state index in [4.69, 9.17) is 0 Å². The van der Waals surface area contributed by atoms with E-state index in [1.165, 1.54) is 16.8 Å². The van der Waals surface area contributed by atoms with Gasteiger partial charge in [-0.25, -0.2) is 0 Å². The van der Waals surface area contributed by atoms with Crippen molar-refractivity contribution in [3.63, 3.8) is 0 Å². The second-order valence-electron chi connectivity index (χ2n) is 7.34. The lowest BCUT2D eigenvalue weighted by Gasteiger charge is -2.20. The van der Waals surface area contributed by atoms with Crippen LogP contribution in [0.15, 0.2) is 78.9 Å². The number of rotatable bonds is 6. The van der Waals surface area contributed by atoms with Gasteiger partial charge in [0.05, 0.1) is 6.04 Å². The zero-order chi connectivity index (χ0) is 19.3. The molecular formula is C25H26N2O. The van der Waals surface area contributed by atoms with Gasteiger partial charge in [-0.2, -0.15) is 0 Å². The maximum Gasteiger partial charge on any atom is 0.251 e. The third kappa shape index (κ3) is 3.94. The minimum Gasteiger partial charge on any atom is -0.367 e. The topological polar surface area (TPSA) is 32.3 Å². The van der Waals surface area contributed by atoms with Crippen LogP contribution in [0.4, 0.5) is 5.69 Å². The van der Waals surface area contributed by atoms with Crippen molar-refractivity contribution in [3.05, 3.63) is 101 Å². The molecule has 3 aromatic carbocycles. The molecule has 0 fully saturated rings. The number of carbonyl (C=O) groups is 1. The first-order valence-corrected chi connectivity index (χ1v) is 10.0. The minimum atomic E-state index is -0.0197. The summed E-state index contributed by atoms with van der Waals surface area (Å²) in [5, 5.41) is 3.16. The lowest BCUT2D eigenvalue weighted by molar-refractivity contribution is 0.0935. The lowest BCUT2D eigenvalue weighted by atomic mass is 10.0. The Morgan fingerprint density at radius 2 is 1.68 bits per heavy atom. The molecular weight excluding hydrogens is 344 g/mol. The van der Waals surface area contributed by atoms with Gasteiger partial charge in [0, 0.05) is 24.3 Å². The summed E-state index contributed by atoms with van der Waals surface area (Å²) in [7, 11) is 0. The monoisotopic (exact) mass is 370 g/mol. The summed E-state index contributed by atoms with van der Waals surface area (Å²) in [5.74, 6) is -0.0197. The number of nitrogens with one attached hydrogen (secondary N) is 1. The highest BCUT2D eigenvalue weighted by Gasteiger charge is 2.18. The molecule has 142 valence electrons. The second-order valence-corrected chi connectivity index (χ2v) is 7.34. The predicted molar refractivity (Wildman–Crippen MR) is 115 cm³/mol. The third-order valence-electron chi connectivity index (χ3n) is 5.49. The molecule has 1 aliphatic rings. The first-order chi connectivity index (χ1) is 13.7. The quantitative estimate of drug-likeness (QED) is 0.652. The Labute approximate surface area is 167 Å². The van der Waals surface area contributed by atoms with Crippen LogP contribution in [0.2, 0.25) is 0 Å². The van der Waals surface area contributed by atoms with Gasteiger partial charge in [-0.15, -0.1) is 0 Å². The van der Waals surface area contributed by atoms with E-state index in [9.17, 15) is 4.79 Å². The average Bonchev–Trinajstić information content (AvgIpc) is 3.16. The van der Waals surface area contributed by atoms with E-state index in [2.05, 4.69) is 65.7 Å². The van der Waals surface area contributed by atoms with Gasteiger partial charge in [-0.05, 0) is 47.7 Å². The van der Waals surface area contributed by atoms with Gasteiger partial charge in [0.2, 0.25) is 0 Å². The molecule has 0 unspecified atom stereocenters. The van der Waals surface area contributed by atoms with E-state index < -0.39 is 0 Å². The smallest absolute Gasteiger partial charge is 0.251 e. The zero-order valence-corrected chi connectivity index (χ0v) is 16.3. The molecule has 1 amide bonds. The molecule has 4 rings (SSSR count). The Morgan fingerprint density at radius 1 is 0.964 bits per heavy atom. The number of fused-ring (bicyclic) bond motifs is 1. The summed E-state index contributed by atoms with van der Waals surface area (Å²) in [6, 6.07) is 26.8. The summed E-state index contributed by atoms with van der Waals surface area (Å²) < 4.78 is 0. The van der Waals surface area contributed by atoms with Crippen LogP contribution < -0.4 is 10.2 Å². The van der Waals surface area contributed by atoms with Gasteiger partial charge < -0.3 is 10.2 Å². The highest BCUT2D eigenvalue weighted by Crippen LogP contribution is 2.28. The first-order valence-electron chi connectivity index (χ1n) is 10.0. The third-order valence-corrected chi connectivity index (χ3v) is 5.49. The Bertz CT molecular complexity index is 934. The van der Waals surface area contributed by atoms with E-state index in [-0.39, 0.29) is 11.9 Å². The molecule has 0 saturated carbocycles. The van der Waals surface area contributed by atoms with Crippen molar-refractivity contribution in [1.82, 2.24) is 5.32 Å². The molecule has 0 saturated heterocycles. The average molecular weight is 370 g/mol. The van der Waals surface area contributed by atoms with Crippen LogP contribution >= 0.6 is 0 Å². The van der Waals surface area contributed by atoms with Gasteiger partial charge in [-0.3, -0.25) is 4.79 Å². The maximum absolute atomic E-state index is 12.7. The van der Waals surface area contributed by atoms with Crippen LogP contribution in [-0.4, -0.2) is 12.5 Å². The molecule has 0 radical (unpaired) electrons. The summed E-state index contributed by atoms with van der Waals surface area (Å²) in [5.41, 5.74) is 5.83. The van der Waals surface area contributed by atoms with Crippen LogP contribution in [0.5, 0.6) is 0 Å². The maximum atomic E-state index is 12.7. The number of benzene rings is 3. The number of carbonyl (C=O) groups excluding carboxylic acids is 1. The highest BCUT2D eigenvalue weighted by atomic mass is 16.1. The van der Waals surface area contributed by atoms with E-state index in [0.29, 0.717) is 5.56 Å². The molecule has 1 atom stereocenters. The van der Waals surface area contributed by atoms with Crippen LogP contribution in [0.25, 0.3) is 0 Å². The van der Waals surface area contributed by atoms with Crippen molar-refractivity contribution >= 4 is 11.6 Å². The van der Waals surface area contributed by atoms with Crippen molar-refractivity contribution in [2.75, 3.05) is 11.4 Å². The van der Waals surface area contributed by atoms with Crippen LogP contribution in [0, 0.1) is 0 Å². The van der Waals surface area contributed by atoms with Crippen molar-refractivity contribution in [2.24, 2.45) is 0 Å². The highest BCUT2D eigenvalue weighted by molar-refractivity contribution is 5.94. The molecule has 3 heteroatoms. The van der Waals surface area contributed by atoms with Crippen molar-refractivity contribution in [2.45, 2.75) is 32.4 Å². The first kappa shape index (κ1) is 18.3. The molecule has 1 aliphatic heterocycles. The Kier molecular flexibility index (Phi) is 5.43.